The molecule has 0 saturated carbocycles. The Morgan fingerprint density at radius 3 is 2.71 bits per heavy atom. The summed E-state index contributed by atoms with van der Waals surface area (Å²) in [6, 6.07) is 0. The highest BCUT2D eigenvalue weighted by Gasteiger charge is 2.33. The summed E-state index contributed by atoms with van der Waals surface area (Å²) >= 11 is 0. The number of aryl methyl sites for hydroxylation is 1. The van der Waals surface area contributed by atoms with Gasteiger partial charge in [0.15, 0.2) is 15.7 Å². The standard InChI is InChI=1S/C10H13NO5S/c1-2-7-8(10(12)13)16-9(11-7)6-3-4-17(14,15)5-6/h6H,2-5H2,1H3,(H,12,13). The maximum absolute atomic E-state index is 11.3. The van der Waals surface area contributed by atoms with Crippen LogP contribution in [-0.4, -0.2) is 36.0 Å². The Morgan fingerprint density at radius 1 is 1.59 bits per heavy atom. The van der Waals surface area contributed by atoms with Crippen molar-refractivity contribution in [2.45, 2.75) is 25.7 Å². The first-order valence-corrected chi connectivity index (χ1v) is 7.18. The number of aromatic nitrogens is 1. The van der Waals surface area contributed by atoms with Gasteiger partial charge in [0.2, 0.25) is 5.76 Å². The minimum atomic E-state index is -3.02. The van der Waals surface area contributed by atoms with Crippen LogP contribution >= 0.6 is 0 Å². The van der Waals surface area contributed by atoms with Crippen LogP contribution in [0.4, 0.5) is 0 Å². The number of sulfone groups is 1. The van der Waals surface area contributed by atoms with Gasteiger partial charge < -0.3 is 9.52 Å². The Kier molecular flexibility index (Phi) is 2.94. The molecule has 1 saturated heterocycles. The summed E-state index contributed by atoms with van der Waals surface area (Å²) in [5.41, 5.74) is 0.372. The third kappa shape index (κ3) is 2.33. The third-order valence-electron chi connectivity index (χ3n) is 2.82. The van der Waals surface area contributed by atoms with Crippen LogP contribution in [0.25, 0.3) is 0 Å². The topological polar surface area (TPSA) is 97.5 Å². The zero-order chi connectivity index (χ0) is 12.6. The molecule has 0 radical (unpaired) electrons. The number of carboxylic acids is 1. The monoisotopic (exact) mass is 259 g/mol. The largest absolute Gasteiger partial charge is 0.475 e. The van der Waals surface area contributed by atoms with Gasteiger partial charge >= 0.3 is 5.97 Å². The van der Waals surface area contributed by atoms with E-state index in [-0.39, 0.29) is 29.1 Å². The summed E-state index contributed by atoms with van der Waals surface area (Å²) in [6.07, 6.45) is 0.898. The molecule has 1 aromatic rings. The molecule has 0 amide bonds. The number of carboxylic acid groups (broad SMARTS) is 1. The number of rotatable bonds is 3. The molecule has 0 bridgehead atoms. The lowest BCUT2D eigenvalue weighted by Crippen LogP contribution is -2.04. The lowest BCUT2D eigenvalue weighted by molar-refractivity contribution is 0.0658. The predicted octanol–water partition coefficient (Wildman–Crippen LogP) is 0.837. The summed E-state index contributed by atoms with van der Waals surface area (Å²) in [4.78, 5) is 15.0. The van der Waals surface area contributed by atoms with Crippen LogP contribution in [0, 0.1) is 0 Å². The van der Waals surface area contributed by atoms with Crippen molar-refractivity contribution in [3.8, 4) is 0 Å². The predicted molar refractivity (Wildman–Crippen MR) is 58.9 cm³/mol. The molecule has 0 aliphatic carbocycles. The van der Waals surface area contributed by atoms with Crippen molar-refractivity contribution >= 4 is 15.8 Å². The highest BCUT2D eigenvalue weighted by Crippen LogP contribution is 2.29. The fraction of sp³-hybridized carbons (Fsp3) is 0.600. The minimum Gasteiger partial charge on any atom is -0.475 e. The molecule has 1 aliphatic rings. The van der Waals surface area contributed by atoms with E-state index in [2.05, 4.69) is 4.98 Å². The average molecular weight is 259 g/mol. The van der Waals surface area contributed by atoms with E-state index < -0.39 is 15.8 Å². The van der Waals surface area contributed by atoms with Gasteiger partial charge in [-0.1, -0.05) is 6.92 Å². The molecule has 7 heteroatoms. The highest BCUT2D eigenvalue weighted by molar-refractivity contribution is 7.91. The molecule has 17 heavy (non-hydrogen) atoms. The quantitative estimate of drug-likeness (QED) is 0.863. The lowest BCUT2D eigenvalue weighted by Gasteiger charge is -1.99. The first-order chi connectivity index (χ1) is 7.93. The molecule has 2 rings (SSSR count). The minimum absolute atomic E-state index is 0.00424. The van der Waals surface area contributed by atoms with Gasteiger partial charge in [0.25, 0.3) is 0 Å². The van der Waals surface area contributed by atoms with E-state index in [0.717, 1.165) is 0 Å². The summed E-state index contributed by atoms with van der Waals surface area (Å²) in [5.74, 6) is -1.30. The fourth-order valence-electron chi connectivity index (χ4n) is 1.94. The third-order valence-corrected chi connectivity index (χ3v) is 4.59. The summed E-state index contributed by atoms with van der Waals surface area (Å²) < 4.78 is 27.8. The van der Waals surface area contributed by atoms with Crippen LogP contribution < -0.4 is 0 Å². The van der Waals surface area contributed by atoms with E-state index in [4.69, 9.17) is 9.52 Å². The van der Waals surface area contributed by atoms with Gasteiger partial charge in [0.05, 0.1) is 23.1 Å². The molecule has 1 aliphatic heterocycles. The Labute approximate surface area is 98.6 Å². The summed E-state index contributed by atoms with van der Waals surface area (Å²) in [6.45, 7) is 1.78. The second kappa shape index (κ2) is 4.14. The van der Waals surface area contributed by atoms with E-state index >= 15 is 0 Å². The van der Waals surface area contributed by atoms with Gasteiger partial charge in [-0.15, -0.1) is 0 Å². The Balaban J connectivity index is 2.32. The molecule has 6 nitrogen and oxygen atoms in total. The average Bonchev–Trinajstić information content (AvgIpc) is 2.80. The number of aromatic carboxylic acids is 1. The zero-order valence-corrected chi connectivity index (χ0v) is 10.2. The first kappa shape index (κ1) is 12.1. The fourth-order valence-corrected chi connectivity index (χ4v) is 3.67. The van der Waals surface area contributed by atoms with Crippen molar-refractivity contribution in [1.82, 2.24) is 4.98 Å². The highest BCUT2D eigenvalue weighted by atomic mass is 32.2. The number of hydrogen-bond donors (Lipinski definition) is 1. The number of hydrogen-bond acceptors (Lipinski definition) is 5. The molecule has 1 fully saturated rings. The molecule has 1 N–H and O–H groups in total. The smallest absolute Gasteiger partial charge is 0.373 e. The van der Waals surface area contributed by atoms with Crippen LogP contribution in [0.3, 0.4) is 0 Å². The van der Waals surface area contributed by atoms with E-state index in [1.54, 1.807) is 6.92 Å². The van der Waals surface area contributed by atoms with Gasteiger partial charge in [-0.05, 0) is 12.8 Å². The number of carbonyl (C=O) groups is 1. The molecule has 1 atom stereocenters. The van der Waals surface area contributed by atoms with Crippen LogP contribution in [0.5, 0.6) is 0 Å². The molecule has 1 aromatic heterocycles. The summed E-state index contributed by atoms with van der Waals surface area (Å²) in [5, 5.41) is 8.90. The second-order valence-electron chi connectivity index (χ2n) is 4.09. The van der Waals surface area contributed by atoms with E-state index in [1.165, 1.54) is 0 Å². The van der Waals surface area contributed by atoms with Crippen molar-refractivity contribution in [3.63, 3.8) is 0 Å². The van der Waals surface area contributed by atoms with E-state index in [0.29, 0.717) is 18.5 Å². The number of nitrogens with zero attached hydrogens (tertiary/aromatic N) is 1. The van der Waals surface area contributed by atoms with Crippen LogP contribution in [-0.2, 0) is 16.3 Å². The van der Waals surface area contributed by atoms with Gasteiger partial charge in [0, 0.05) is 0 Å². The Morgan fingerprint density at radius 2 is 2.29 bits per heavy atom. The molecule has 2 heterocycles. The van der Waals surface area contributed by atoms with Crippen molar-refractivity contribution < 1.29 is 22.7 Å². The van der Waals surface area contributed by atoms with Crippen LogP contribution in [0.2, 0.25) is 0 Å². The lowest BCUT2D eigenvalue weighted by atomic mass is 10.1. The Hall–Kier alpha value is -1.37. The number of oxazole rings is 1. The van der Waals surface area contributed by atoms with Crippen molar-refractivity contribution in [2.24, 2.45) is 0 Å². The molecule has 0 aromatic carbocycles. The van der Waals surface area contributed by atoms with Gasteiger partial charge in [-0.3, -0.25) is 0 Å². The SMILES string of the molecule is CCc1nc(C2CCS(=O)(=O)C2)oc1C(=O)O. The molecule has 0 spiro atoms. The molecule has 1 unspecified atom stereocenters. The van der Waals surface area contributed by atoms with Gasteiger partial charge in [0.1, 0.15) is 0 Å². The maximum Gasteiger partial charge on any atom is 0.373 e. The maximum atomic E-state index is 11.3. The first-order valence-electron chi connectivity index (χ1n) is 5.36. The molecular formula is C10H13NO5S. The van der Waals surface area contributed by atoms with Crippen LogP contribution in [0.15, 0.2) is 4.42 Å². The van der Waals surface area contributed by atoms with Gasteiger partial charge in [-0.2, -0.15) is 0 Å². The molecular weight excluding hydrogens is 246 g/mol. The zero-order valence-electron chi connectivity index (χ0n) is 9.34. The van der Waals surface area contributed by atoms with Crippen molar-refractivity contribution in [3.05, 3.63) is 17.3 Å². The van der Waals surface area contributed by atoms with E-state index in [9.17, 15) is 13.2 Å². The van der Waals surface area contributed by atoms with Crippen molar-refractivity contribution in [1.29, 1.82) is 0 Å². The normalized spacial score (nSPS) is 22.8. The molecule has 94 valence electrons. The van der Waals surface area contributed by atoms with E-state index in [1.807, 2.05) is 0 Å². The Bertz CT molecular complexity index is 545. The summed E-state index contributed by atoms with van der Waals surface area (Å²) in [7, 11) is -3.02. The second-order valence-corrected chi connectivity index (χ2v) is 6.32. The van der Waals surface area contributed by atoms with Crippen LogP contribution in [0.1, 0.15) is 41.4 Å². The van der Waals surface area contributed by atoms with Gasteiger partial charge in [-0.25, -0.2) is 18.2 Å². The van der Waals surface area contributed by atoms with Crippen molar-refractivity contribution in [2.75, 3.05) is 11.5 Å².